The largest absolute Gasteiger partial charge is 0.375 e. The summed E-state index contributed by atoms with van der Waals surface area (Å²) in [6, 6.07) is 6.99. The molecular formula is C13H14BrN3O2. The van der Waals surface area contributed by atoms with Gasteiger partial charge in [-0.05, 0) is 30.7 Å². The average molecular weight is 324 g/mol. The van der Waals surface area contributed by atoms with E-state index in [9.17, 15) is 10.1 Å². The van der Waals surface area contributed by atoms with Crippen molar-refractivity contribution in [2.45, 2.75) is 20.0 Å². The van der Waals surface area contributed by atoms with Gasteiger partial charge in [-0.15, -0.1) is 0 Å². The van der Waals surface area contributed by atoms with Gasteiger partial charge in [0.25, 0.3) is 5.69 Å². The van der Waals surface area contributed by atoms with Crippen molar-refractivity contribution in [3.63, 3.8) is 0 Å². The summed E-state index contributed by atoms with van der Waals surface area (Å²) in [5.41, 5.74) is 1.70. The normalized spacial score (nSPS) is 10.4. The molecule has 2 rings (SSSR count). The lowest BCUT2D eigenvalue weighted by atomic mass is 10.2. The molecule has 1 N–H and O–H groups in total. The van der Waals surface area contributed by atoms with Crippen LogP contribution >= 0.6 is 15.9 Å². The molecule has 0 radical (unpaired) electrons. The first-order valence-corrected chi connectivity index (χ1v) is 6.72. The first-order chi connectivity index (χ1) is 9.10. The summed E-state index contributed by atoms with van der Waals surface area (Å²) in [7, 11) is 0. The van der Waals surface area contributed by atoms with Gasteiger partial charge in [0.05, 0.1) is 4.92 Å². The molecule has 1 aromatic carbocycles. The highest BCUT2D eigenvalue weighted by molar-refractivity contribution is 9.10. The minimum atomic E-state index is -0.385. The van der Waals surface area contributed by atoms with Gasteiger partial charge in [-0.25, -0.2) is 0 Å². The summed E-state index contributed by atoms with van der Waals surface area (Å²) in [6.07, 6.45) is 4.02. The van der Waals surface area contributed by atoms with Crippen molar-refractivity contribution in [1.82, 2.24) is 4.57 Å². The van der Waals surface area contributed by atoms with Crippen LogP contribution in [0.2, 0.25) is 0 Å². The van der Waals surface area contributed by atoms with E-state index in [1.54, 1.807) is 12.1 Å². The fraction of sp³-hybridized carbons (Fsp3) is 0.231. The molecule has 2 aromatic rings. The number of anilines is 1. The standard InChI is InChI=1S/C13H14BrN3O2/c1-2-16-6-5-10(9-16)8-15-12-4-3-11(14)7-13(12)17(18)19/h3-7,9,15H,2,8H2,1H3. The van der Waals surface area contributed by atoms with Crippen LogP contribution in [0, 0.1) is 10.1 Å². The second-order valence-corrected chi connectivity index (χ2v) is 5.04. The van der Waals surface area contributed by atoms with Gasteiger partial charge in [0.1, 0.15) is 5.69 Å². The number of nitrogens with zero attached hydrogens (tertiary/aromatic N) is 2. The van der Waals surface area contributed by atoms with E-state index in [1.807, 2.05) is 18.5 Å². The van der Waals surface area contributed by atoms with Gasteiger partial charge < -0.3 is 9.88 Å². The van der Waals surface area contributed by atoms with Crippen LogP contribution in [-0.4, -0.2) is 9.49 Å². The molecule has 0 aliphatic rings. The van der Waals surface area contributed by atoms with Crippen LogP contribution < -0.4 is 5.32 Å². The molecule has 1 aromatic heterocycles. The molecule has 0 saturated heterocycles. The third-order valence-electron chi connectivity index (χ3n) is 2.82. The number of rotatable bonds is 5. The fourth-order valence-electron chi connectivity index (χ4n) is 1.79. The van der Waals surface area contributed by atoms with Crippen LogP contribution in [0.1, 0.15) is 12.5 Å². The molecule has 0 amide bonds. The van der Waals surface area contributed by atoms with Gasteiger partial charge in [-0.2, -0.15) is 0 Å². The average Bonchev–Trinajstić information content (AvgIpc) is 2.85. The van der Waals surface area contributed by atoms with Crippen LogP contribution in [0.3, 0.4) is 0 Å². The number of nitrogens with one attached hydrogen (secondary N) is 1. The number of hydrogen-bond acceptors (Lipinski definition) is 3. The summed E-state index contributed by atoms with van der Waals surface area (Å²) in [5.74, 6) is 0. The van der Waals surface area contributed by atoms with Crippen molar-refractivity contribution in [1.29, 1.82) is 0 Å². The highest BCUT2D eigenvalue weighted by Crippen LogP contribution is 2.28. The maximum atomic E-state index is 11.0. The van der Waals surface area contributed by atoms with E-state index in [0.717, 1.165) is 12.1 Å². The van der Waals surface area contributed by atoms with Crippen molar-refractivity contribution in [2.24, 2.45) is 0 Å². The number of halogens is 1. The Bertz CT molecular complexity index is 595. The lowest BCUT2D eigenvalue weighted by molar-refractivity contribution is -0.384. The number of nitro groups is 1. The van der Waals surface area contributed by atoms with Crippen molar-refractivity contribution < 1.29 is 4.92 Å². The summed E-state index contributed by atoms with van der Waals surface area (Å²) in [5, 5.41) is 14.1. The Hall–Kier alpha value is -1.82. The molecule has 0 aliphatic carbocycles. The van der Waals surface area contributed by atoms with Crippen molar-refractivity contribution in [2.75, 3.05) is 5.32 Å². The van der Waals surface area contributed by atoms with E-state index in [4.69, 9.17) is 0 Å². The topological polar surface area (TPSA) is 60.1 Å². The Morgan fingerprint density at radius 1 is 1.42 bits per heavy atom. The molecule has 0 aliphatic heterocycles. The summed E-state index contributed by atoms with van der Waals surface area (Å²) in [4.78, 5) is 10.6. The van der Waals surface area contributed by atoms with Gasteiger partial charge in [0.2, 0.25) is 0 Å². The van der Waals surface area contributed by atoms with Crippen LogP contribution in [0.5, 0.6) is 0 Å². The molecule has 0 unspecified atom stereocenters. The van der Waals surface area contributed by atoms with Crippen molar-refractivity contribution in [3.05, 3.63) is 56.8 Å². The van der Waals surface area contributed by atoms with Gasteiger partial charge in [0.15, 0.2) is 0 Å². The van der Waals surface area contributed by atoms with Crippen LogP contribution in [0.25, 0.3) is 0 Å². The molecular weight excluding hydrogens is 310 g/mol. The lowest BCUT2D eigenvalue weighted by Crippen LogP contribution is -2.02. The zero-order valence-corrected chi connectivity index (χ0v) is 12.1. The Kier molecular flexibility index (Phi) is 4.21. The van der Waals surface area contributed by atoms with Gasteiger partial charge in [-0.3, -0.25) is 10.1 Å². The molecule has 5 nitrogen and oxygen atoms in total. The molecule has 0 fully saturated rings. The van der Waals surface area contributed by atoms with E-state index >= 15 is 0 Å². The Labute approximate surface area is 119 Å². The smallest absolute Gasteiger partial charge is 0.293 e. The number of benzene rings is 1. The van der Waals surface area contributed by atoms with E-state index in [2.05, 4.69) is 32.7 Å². The van der Waals surface area contributed by atoms with Crippen molar-refractivity contribution >= 4 is 27.3 Å². The Balaban J connectivity index is 2.12. The van der Waals surface area contributed by atoms with E-state index in [-0.39, 0.29) is 10.6 Å². The van der Waals surface area contributed by atoms with Crippen molar-refractivity contribution in [3.8, 4) is 0 Å². The monoisotopic (exact) mass is 323 g/mol. The summed E-state index contributed by atoms with van der Waals surface area (Å²) in [6.45, 7) is 3.55. The molecule has 0 saturated carbocycles. The summed E-state index contributed by atoms with van der Waals surface area (Å²) < 4.78 is 2.76. The van der Waals surface area contributed by atoms with Gasteiger partial charge in [-0.1, -0.05) is 15.9 Å². The zero-order valence-electron chi connectivity index (χ0n) is 10.5. The minimum absolute atomic E-state index is 0.0734. The van der Waals surface area contributed by atoms with E-state index in [0.29, 0.717) is 16.7 Å². The minimum Gasteiger partial charge on any atom is -0.375 e. The SMILES string of the molecule is CCn1ccc(CNc2ccc(Br)cc2[N+](=O)[O-])c1. The third-order valence-corrected chi connectivity index (χ3v) is 3.31. The number of nitro benzene ring substituents is 1. The first kappa shape index (κ1) is 13.6. The molecule has 0 atom stereocenters. The maximum absolute atomic E-state index is 11.0. The Morgan fingerprint density at radius 3 is 2.84 bits per heavy atom. The van der Waals surface area contributed by atoms with Crippen LogP contribution in [-0.2, 0) is 13.1 Å². The molecule has 0 spiro atoms. The summed E-state index contributed by atoms with van der Waals surface area (Å²) >= 11 is 3.24. The van der Waals surface area contributed by atoms with E-state index < -0.39 is 0 Å². The highest BCUT2D eigenvalue weighted by atomic mass is 79.9. The molecule has 6 heteroatoms. The predicted molar refractivity (Wildman–Crippen MR) is 78.2 cm³/mol. The molecule has 19 heavy (non-hydrogen) atoms. The predicted octanol–water partition coefficient (Wildman–Crippen LogP) is 3.79. The van der Waals surface area contributed by atoms with Gasteiger partial charge >= 0.3 is 0 Å². The lowest BCUT2D eigenvalue weighted by Gasteiger charge is -2.06. The highest BCUT2D eigenvalue weighted by Gasteiger charge is 2.13. The molecule has 0 bridgehead atoms. The maximum Gasteiger partial charge on any atom is 0.293 e. The van der Waals surface area contributed by atoms with Crippen LogP contribution in [0.15, 0.2) is 41.1 Å². The molecule has 100 valence electrons. The van der Waals surface area contributed by atoms with Crippen LogP contribution in [0.4, 0.5) is 11.4 Å². The number of aryl methyl sites for hydroxylation is 1. The second kappa shape index (κ2) is 5.88. The quantitative estimate of drug-likeness (QED) is 0.672. The zero-order chi connectivity index (χ0) is 13.8. The third kappa shape index (κ3) is 3.35. The first-order valence-electron chi connectivity index (χ1n) is 5.92. The van der Waals surface area contributed by atoms with Gasteiger partial charge in [0, 0.05) is 36.0 Å². The number of hydrogen-bond donors (Lipinski definition) is 1. The molecule has 1 heterocycles. The Morgan fingerprint density at radius 2 is 2.21 bits per heavy atom. The second-order valence-electron chi connectivity index (χ2n) is 4.12. The van der Waals surface area contributed by atoms with E-state index in [1.165, 1.54) is 6.07 Å². The number of aromatic nitrogens is 1. The fourth-order valence-corrected chi connectivity index (χ4v) is 2.14.